The number of unbranched alkanes of at least 4 members (excludes halogenated alkanes) is 1. The Labute approximate surface area is 187 Å². The fourth-order valence-corrected chi connectivity index (χ4v) is 4.90. The van der Waals surface area contributed by atoms with Gasteiger partial charge in [0.05, 0.1) is 33.6 Å². The summed E-state index contributed by atoms with van der Waals surface area (Å²) in [6.07, 6.45) is 3.01. The third-order valence-electron chi connectivity index (χ3n) is 4.71. The van der Waals surface area contributed by atoms with E-state index in [4.69, 9.17) is 37.9 Å². The molecule has 1 unspecified atom stereocenters. The molecule has 1 N–H and O–H groups in total. The number of benzene rings is 1. The average Bonchev–Trinajstić information content (AvgIpc) is 2.96. The molecule has 1 atom stereocenters. The van der Waals surface area contributed by atoms with Gasteiger partial charge < -0.3 is 19.4 Å². The molecular formula is C19H20Cl2IN3O3. The van der Waals surface area contributed by atoms with Crippen LogP contribution >= 0.6 is 45.8 Å². The van der Waals surface area contributed by atoms with Gasteiger partial charge in [0.25, 0.3) is 0 Å². The first-order chi connectivity index (χ1) is 13.5. The fourth-order valence-electron chi connectivity index (χ4n) is 3.38. The first kappa shape index (κ1) is 21.3. The monoisotopic (exact) mass is 535 g/mol. The lowest BCUT2D eigenvalue weighted by Gasteiger charge is -2.26. The van der Waals surface area contributed by atoms with Crippen LogP contribution in [0.3, 0.4) is 0 Å². The number of carbonyl (C=O) groups is 1. The predicted molar refractivity (Wildman–Crippen MR) is 117 cm³/mol. The van der Waals surface area contributed by atoms with Gasteiger partial charge in [0.15, 0.2) is 6.61 Å². The maximum Gasteiger partial charge on any atom is 0.407 e. The van der Waals surface area contributed by atoms with Crippen molar-refractivity contribution in [3.63, 3.8) is 0 Å². The van der Waals surface area contributed by atoms with Gasteiger partial charge in [-0.05, 0) is 41.9 Å². The minimum Gasteiger partial charge on any atom is -0.478 e. The summed E-state index contributed by atoms with van der Waals surface area (Å²) in [4.78, 5) is 12.0. The Bertz CT molecular complexity index is 939. The standard InChI is InChI=1S/C19H20Cl2IN3O3/c1-2-3-7-28-19(26)24-11-4-5-13-17(22)15-14(27-8-6-23)9-12(20)16(21)18(15)25(13)10-11/h9,11H,2-5,7-8,10H2,1H3,(H,24,26). The number of alkyl carbamates (subject to hydrolysis) is 1. The molecule has 1 aromatic heterocycles. The van der Waals surface area contributed by atoms with E-state index in [1.54, 1.807) is 6.07 Å². The van der Waals surface area contributed by atoms with Crippen molar-refractivity contribution in [1.29, 1.82) is 5.26 Å². The van der Waals surface area contributed by atoms with E-state index in [2.05, 4.69) is 32.5 Å². The summed E-state index contributed by atoms with van der Waals surface area (Å²) >= 11 is 15.1. The first-order valence-electron chi connectivity index (χ1n) is 9.09. The molecule has 0 saturated heterocycles. The fraction of sp³-hybridized carbons (Fsp3) is 0.474. The zero-order valence-corrected chi connectivity index (χ0v) is 19.0. The van der Waals surface area contributed by atoms with E-state index < -0.39 is 6.09 Å². The van der Waals surface area contributed by atoms with Crippen LogP contribution in [0.1, 0.15) is 31.9 Å². The Kier molecular flexibility index (Phi) is 7.18. The third-order valence-corrected chi connectivity index (χ3v) is 6.64. The number of amides is 1. The van der Waals surface area contributed by atoms with E-state index in [1.807, 2.05) is 13.0 Å². The van der Waals surface area contributed by atoms with E-state index in [9.17, 15) is 4.79 Å². The maximum absolute atomic E-state index is 12.0. The van der Waals surface area contributed by atoms with Gasteiger partial charge in [-0.1, -0.05) is 36.5 Å². The molecule has 3 rings (SSSR count). The van der Waals surface area contributed by atoms with Gasteiger partial charge in [-0.3, -0.25) is 0 Å². The van der Waals surface area contributed by atoms with E-state index >= 15 is 0 Å². The molecule has 0 radical (unpaired) electrons. The van der Waals surface area contributed by atoms with Crippen LogP contribution in [0.5, 0.6) is 5.75 Å². The number of hydrogen-bond donors (Lipinski definition) is 1. The highest BCUT2D eigenvalue weighted by Crippen LogP contribution is 2.44. The molecule has 0 spiro atoms. The lowest BCUT2D eigenvalue weighted by Crippen LogP contribution is -2.41. The number of nitriles is 1. The number of fused-ring (bicyclic) bond motifs is 3. The van der Waals surface area contributed by atoms with E-state index in [1.165, 1.54) is 0 Å². The van der Waals surface area contributed by atoms with Crippen molar-refractivity contribution in [3.8, 4) is 11.8 Å². The Morgan fingerprint density at radius 2 is 2.29 bits per heavy atom. The molecule has 1 aromatic carbocycles. The SMILES string of the molecule is CCCCOC(=O)NC1CCc2c(I)c3c(OCC#N)cc(Cl)c(Cl)c3n2C1. The number of halogens is 3. The minimum atomic E-state index is -0.393. The molecule has 0 saturated carbocycles. The summed E-state index contributed by atoms with van der Waals surface area (Å²) in [6.45, 7) is 2.96. The van der Waals surface area contributed by atoms with Crippen LogP contribution in [0.15, 0.2) is 6.07 Å². The second-order valence-electron chi connectivity index (χ2n) is 6.58. The quantitative estimate of drug-likeness (QED) is 0.402. The zero-order valence-electron chi connectivity index (χ0n) is 15.4. The van der Waals surface area contributed by atoms with Crippen LogP contribution < -0.4 is 10.1 Å². The Balaban J connectivity index is 1.91. The molecule has 28 heavy (non-hydrogen) atoms. The summed E-state index contributed by atoms with van der Waals surface area (Å²) < 4.78 is 13.9. The molecular weight excluding hydrogens is 516 g/mol. The second-order valence-corrected chi connectivity index (χ2v) is 8.45. The predicted octanol–water partition coefficient (Wildman–Crippen LogP) is 5.30. The molecule has 2 heterocycles. The average molecular weight is 536 g/mol. The molecule has 1 aliphatic rings. The Morgan fingerprint density at radius 1 is 1.50 bits per heavy atom. The van der Waals surface area contributed by atoms with Gasteiger partial charge in [0, 0.05) is 21.9 Å². The lowest BCUT2D eigenvalue weighted by molar-refractivity contribution is 0.138. The highest BCUT2D eigenvalue weighted by atomic mass is 127. The largest absolute Gasteiger partial charge is 0.478 e. The van der Waals surface area contributed by atoms with Crippen molar-refractivity contribution in [2.45, 2.75) is 45.2 Å². The molecule has 0 aliphatic carbocycles. The summed E-state index contributed by atoms with van der Waals surface area (Å²) in [6, 6.07) is 3.56. The van der Waals surface area contributed by atoms with Gasteiger partial charge in [-0.2, -0.15) is 5.26 Å². The van der Waals surface area contributed by atoms with Gasteiger partial charge in [0.2, 0.25) is 0 Å². The minimum absolute atomic E-state index is 0.0634. The van der Waals surface area contributed by atoms with Crippen LogP contribution in [0.25, 0.3) is 10.9 Å². The van der Waals surface area contributed by atoms with Crippen LogP contribution in [0, 0.1) is 14.9 Å². The molecule has 1 amide bonds. The number of nitrogens with zero attached hydrogens (tertiary/aromatic N) is 2. The van der Waals surface area contributed by atoms with Crippen molar-refractivity contribution >= 4 is 62.8 Å². The number of carbonyl (C=O) groups excluding carboxylic acids is 1. The summed E-state index contributed by atoms with van der Waals surface area (Å²) in [5.41, 5.74) is 1.89. The van der Waals surface area contributed by atoms with Gasteiger partial charge in [-0.15, -0.1) is 0 Å². The zero-order chi connectivity index (χ0) is 20.3. The van der Waals surface area contributed by atoms with Gasteiger partial charge >= 0.3 is 6.09 Å². The topological polar surface area (TPSA) is 76.3 Å². The van der Waals surface area contributed by atoms with Crippen molar-refractivity contribution in [2.75, 3.05) is 13.2 Å². The van der Waals surface area contributed by atoms with Crippen LogP contribution in [0.4, 0.5) is 4.79 Å². The highest BCUT2D eigenvalue weighted by molar-refractivity contribution is 14.1. The molecule has 6 nitrogen and oxygen atoms in total. The molecule has 2 aromatic rings. The van der Waals surface area contributed by atoms with E-state index in [0.29, 0.717) is 28.9 Å². The molecule has 150 valence electrons. The van der Waals surface area contributed by atoms with Crippen molar-refractivity contribution in [1.82, 2.24) is 9.88 Å². The smallest absolute Gasteiger partial charge is 0.407 e. The van der Waals surface area contributed by atoms with Crippen LogP contribution in [-0.2, 0) is 17.7 Å². The Hall–Kier alpha value is -1.37. The third kappa shape index (κ3) is 4.29. The van der Waals surface area contributed by atoms with Gasteiger partial charge in [0.1, 0.15) is 11.8 Å². The molecule has 0 fully saturated rings. The number of ether oxygens (including phenoxy) is 2. The van der Waals surface area contributed by atoms with Crippen LogP contribution in [0.2, 0.25) is 10.0 Å². The number of hydrogen-bond acceptors (Lipinski definition) is 4. The van der Waals surface area contributed by atoms with E-state index in [-0.39, 0.29) is 12.6 Å². The Morgan fingerprint density at radius 3 is 3.00 bits per heavy atom. The molecule has 9 heteroatoms. The number of nitrogens with one attached hydrogen (secondary N) is 1. The number of rotatable bonds is 6. The summed E-state index contributed by atoms with van der Waals surface area (Å²) in [7, 11) is 0. The first-order valence-corrected chi connectivity index (χ1v) is 10.9. The van der Waals surface area contributed by atoms with Gasteiger partial charge in [-0.25, -0.2) is 4.79 Å². The summed E-state index contributed by atoms with van der Waals surface area (Å²) in [5, 5.41) is 13.5. The molecule has 1 aliphatic heterocycles. The molecule has 0 bridgehead atoms. The van der Waals surface area contributed by atoms with Crippen LogP contribution in [-0.4, -0.2) is 29.9 Å². The highest BCUT2D eigenvalue weighted by Gasteiger charge is 2.29. The van der Waals surface area contributed by atoms with Crippen molar-refractivity contribution < 1.29 is 14.3 Å². The number of aromatic nitrogens is 1. The normalized spacial score (nSPS) is 15.8. The summed E-state index contributed by atoms with van der Waals surface area (Å²) in [5.74, 6) is 0.542. The van der Waals surface area contributed by atoms with Crippen molar-refractivity contribution in [3.05, 3.63) is 25.4 Å². The lowest BCUT2D eigenvalue weighted by atomic mass is 10.1. The van der Waals surface area contributed by atoms with Crippen molar-refractivity contribution in [2.24, 2.45) is 0 Å². The maximum atomic E-state index is 12.0. The second kappa shape index (κ2) is 9.42. The van der Waals surface area contributed by atoms with E-state index in [0.717, 1.165) is 45.9 Å².